The standard InChI is InChI=1S/C31H37N3O3/c1-19(2)34-17-23(15-22-11-7-9-13-27(22)35-20(3)4)30-26(18-34)29(25(16-32)31(33)37-30)24-12-8-10-14-28(24)36-21(5)6/h7-15,19-21,29H,17-18,33H2,1-6H3/b23-15+. The van der Waals surface area contributed by atoms with Gasteiger partial charge in [0.1, 0.15) is 28.9 Å². The fourth-order valence-electron chi connectivity index (χ4n) is 4.85. The van der Waals surface area contributed by atoms with E-state index >= 15 is 0 Å². The van der Waals surface area contributed by atoms with Crippen LogP contribution in [0.3, 0.4) is 0 Å². The Morgan fingerprint density at radius 1 is 0.946 bits per heavy atom. The zero-order valence-corrected chi connectivity index (χ0v) is 22.6. The number of nitrogens with zero attached hydrogens (tertiary/aromatic N) is 2. The van der Waals surface area contributed by atoms with Crippen LogP contribution in [0.1, 0.15) is 58.6 Å². The highest BCUT2D eigenvalue weighted by atomic mass is 16.5. The lowest BCUT2D eigenvalue weighted by Gasteiger charge is -2.40. The number of para-hydroxylation sites is 2. The van der Waals surface area contributed by atoms with Crippen molar-refractivity contribution in [1.82, 2.24) is 4.90 Å². The van der Waals surface area contributed by atoms with Crippen LogP contribution in [0.25, 0.3) is 6.08 Å². The quantitative estimate of drug-likeness (QED) is 0.494. The molecule has 0 aromatic heterocycles. The number of nitrogens with two attached hydrogens (primary N) is 1. The van der Waals surface area contributed by atoms with E-state index in [4.69, 9.17) is 19.9 Å². The maximum atomic E-state index is 10.2. The van der Waals surface area contributed by atoms with Gasteiger partial charge in [0, 0.05) is 35.8 Å². The van der Waals surface area contributed by atoms with Crippen LogP contribution in [0.15, 0.2) is 76.9 Å². The van der Waals surface area contributed by atoms with E-state index in [1.165, 1.54) is 0 Å². The van der Waals surface area contributed by atoms with Gasteiger partial charge in [-0.15, -0.1) is 0 Å². The maximum absolute atomic E-state index is 10.2. The SMILES string of the molecule is CC(C)Oc1ccccc1/C=C1\CN(C(C)C)CC2=C1OC(N)=C(C#N)C2c1ccccc1OC(C)C. The smallest absolute Gasteiger partial charge is 0.205 e. The van der Waals surface area contributed by atoms with E-state index in [1.807, 2.05) is 76.2 Å². The van der Waals surface area contributed by atoms with Gasteiger partial charge in [0.25, 0.3) is 0 Å². The number of hydrogen-bond acceptors (Lipinski definition) is 6. The molecule has 4 rings (SSSR count). The number of rotatable bonds is 7. The summed E-state index contributed by atoms with van der Waals surface area (Å²) in [4.78, 5) is 2.38. The van der Waals surface area contributed by atoms with Crippen molar-refractivity contribution in [3.8, 4) is 17.6 Å². The number of benzene rings is 2. The van der Waals surface area contributed by atoms with Crippen molar-refractivity contribution in [3.05, 3.63) is 88.0 Å². The van der Waals surface area contributed by atoms with E-state index in [0.717, 1.165) is 39.5 Å². The Bertz CT molecular complexity index is 1280. The highest BCUT2D eigenvalue weighted by Crippen LogP contribution is 2.46. The van der Waals surface area contributed by atoms with Gasteiger partial charge < -0.3 is 19.9 Å². The Morgan fingerprint density at radius 2 is 1.57 bits per heavy atom. The van der Waals surface area contributed by atoms with Gasteiger partial charge in [-0.05, 0) is 65.3 Å². The van der Waals surface area contributed by atoms with E-state index in [2.05, 4.69) is 30.9 Å². The Kier molecular flexibility index (Phi) is 7.94. The van der Waals surface area contributed by atoms with E-state index in [0.29, 0.717) is 18.7 Å². The molecular formula is C31H37N3O3. The summed E-state index contributed by atoms with van der Waals surface area (Å²) in [6, 6.07) is 18.5. The largest absolute Gasteiger partial charge is 0.491 e. The summed E-state index contributed by atoms with van der Waals surface area (Å²) in [7, 11) is 0. The molecule has 0 fully saturated rings. The third-order valence-electron chi connectivity index (χ3n) is 6.50. The third kappa shape index (κ3) is 5.68. The number of nitriles is 1. The number of hydrogen-bond donors (Lipinski definition) is 1. The maximum Gasteiger partial charge on any atom is 0.205 e. The highest BCUT2D eigenvalue weighted by Gasteiger charge is 2.39. The zero-order valence-electron chi connectivity index (χ0n) is 22.6. The summed E-state index contributed by atoms with van der Waals surface area (Å²) in [5.74, 6) is 2.08. The van der Waals surface area contributed by atoms with E-state index in [1.54, 1.807) is 0 Å². The van der Waals surface area contributed by atoms with E-state index in [-0.39, 0.29) is 30.1 Å². The zero-order chi connectivity index (χ0) is 26.7. The fourth-order valence-corrected chi connectivity index (χ4v) is 4.85. The van der Waals surface area contributed by atoms with Crippen molar-refractivity contribution in [2.75, 3.05) is 13.1 Å². The molecule has 2 aliphatic heterocycles. The van der Waals surface area contributed by atoms with Gasteiger partial charge in [-0.1, -0.05) is 36.4 Å². The second-order valence-electron chi connectivity index (χ2n) is 10.4. The van der Waals surface area contributed by atoms with Gasteiger partial charge in [0.05, 0.1) is 18.1 Å². The van der Waals surface area contributed by atoms with Crippen molar-refractivity contribution < 1.29 is 14.2 Å². The van der Waals surface area contributed by atoms with Crippen LogP contribution < -0.4 is 15.2 Å². The number of allylic oxidation sites excluding steroid dienone is 1. The molecule has 0 spiro atoms. The lowest BCUT2D eigenvalue weighted by atomic mass is 9.79. The molecule has 0 saturated heterocycles. The number of ether oxygens (including phenoxy) is 3. The van der Waals surface area contributed by atoms with Crippen LogP contribution in [-0.4, -0.2) is 36.2 Å². The van der Waals surface area contributed by atoms with E-state index < -0.39 is 0 Å². The minimum Gasteiger partial charge on any atom is -0.491 e. The Hall–Kier alpha value is -3.69. The van der Waals surface area contributed by atoms with Gasteiger partial charge in [-0.2, -0.15) is 5.26 Å². The van der Waals surface area contributed by atoms with Gasteiger partial charge in [0.2, 0.25) is 5.88 Å². The third-order valence-corrected chi connectivity index (χ3v) is 6.50. The van der Waals surface area contributed by atoms with Gasteiger partial charge >= 0.3 is 0 Å². The molecule has 2 N–H and O–H groups in total. The molecule has 0 radical (unpaired) electrons. The molecule has 0 aliphatic carbocycles. The average molecular weight is 500 g/mol. The van der Waals surface area contributed by atoms with Crippen molar-refractivity contribution in [1.29, 1.82) is 5.26 Å². The second kappa shape index (κ2) is 11.1. The minimum atomic E-state index is -0.365. The molecule has 6 nitrogen and oxygen atoms in total. The van der Waals surface area contributed by atoms with E-state index in [9.17, 15) is 5.26 Å². The van der Waals surface area contributed by atoms with Crippen molar-refractivity contribution in [2.45, 2.75) is 65.7 Å². The van der Waals surface area contributed by atoms with Gasteiger partial charge in [-0.25, -0.2) is 0 Å². The predicted octanol–water partition coefficient (Wildman–Crippen LogP) is 6.13. The molecule has 37 heavy (non-hydrogen) atoms. The fraction of sp³-hybridized carbons (Fsp3) is 0.387. The Morgan fingerprint density at radius 3 is 2.22 bits per heavy atom. The summed E-state index contributed by atoms with van der Waals surface area (Å²) in [5.41, 5.74) is 10.7. The second-order valence-corrected chi connectivity index (χ2v) is 10.4. The molecular weight excluding hydrogens is 462 g/mol. The summed E-state index contributed by atoms with van der Waals surface area (Å²) in [5, 5.41) is 10.2. The van der Waals surface area contributed by atoms with Crippen LogP contribution in [0.2, 0.25) is 0 Å². The minimum absolute atomic E-state index is 0.00673. The first-order valence-electron chi connectivity index (χ1n) is 13.0. The monoisotopic (exact) mass is 499 g/mol. The molecule has 2 aromatic carbocycles. The lowest BCUT2D eigenvalue weighted by molar-refractivity contribution is 0.206. The van der Waals surface area contributed by atoms with Crippen LogP contribution in [0, 0.1) is 11.3 Å². The molecule has 2 aromatic rings. The van der Waals surface area contributed by atoms with Crippen molar-refractivity contribution in [2.24, 2.45) is 5.73 Å². The van der Waals surface area contributed by atoms with Crippen LogP contribution >= 0.6 is 0 Å². The first kappa shape index (κ1) is 26.4. The summed E-state index contributed by atoms with van der Waals surface area (Å²) < 4.78 is 18.5. The van der Waals surface area contributed by atoms with Crippen molar-refractivity contribution in [3.63, 3.8) is 0 Å². The molecule has 2 aliphatic rings. The Balaban J connectivity index is 1.91. The summed E-state index contributed by atoms with van der Waals surface area (Å²) >= 11 is 0. The van der Waals surface area contributed by atoms with Crippen molar-refractivity contribution >= 4 is 6.08 Å². The first-order valence-corrected chi connectivity index (χ1v) is 13.0. The summed E-state index contributed by atoms with van der Waals surface area (Å²) in [6.45, 7) is 13.8. The molecule has 0 amide bonds. The first-order chi connectivity index (χ1) is 17.7. The van der Waals surface area contributed by atoms with Crippen LogP contribution in [-0.2, 0) is 4.74 Å². The molecule has 0 saturated carbocycles. The van der Waals surface area contributed by atoms with Gasteiger partial charge in [-0.3, -0.25) is 4.90 Å². The van der Waals surface area contributed by atoms with Gasteiger partial charge in [0.15, 0.2) is 0 Å². The molecule has 2 heterocycles. The molecule has 6 heteroatoms. The summed E-state index contributed by atoms with van der Waals surface area (Å²) in [6.07, 6.45) is 2.17. The highest BCUT2D eigenvalue weighted by molar-refractivity contribution is 5.67. The predicted molar refractivity (Wildman–Crippen MR) is 147 cm³/mol. The van der Waals surface area contributed by atoms with Crippen LogP contribution in [0.5, 0.6) is 11.5 Å². The lowest BCUT2D eigenvalue weighted by Crippen LogP contribution is -2.41. The molecule has 1 unspecified atom stereocenters. The topological polar surface area (TPSA) is 80.7 Å². The normalized spacial score (nSPS) is 19.4. The van der Waals surface area contributed by atoms with Crippen LogP contribution in [0.4, 0.5) is 0 Å². The molecule has 1 atom stereocenters. The Labute approximate surface area is 220 Å². The average Bonchev–Trinajstić information content (AvgIpc) is 2.84. The molecule has 0 bridgehead atoms. The molecule has 194 valence electrons.